The first-order valence-corrected chi connectivity index (χ1v) is 8.79. The van der Waals surface area contributed by atoms with Crippen molar-refractivity contribution in [1.29, 1.82) is 0 Å². The van der Waals surface area contributed by atoms with E-state index in [2.05, 4.69) is 10.6 Å². The Balaban J connectivity index is 1.38. The summed E-state index contributed by atoms with van der Waals surface area (Å²) < 4.78 is 5.35. The number of nitrogens with zero attached hydrogens (tertiary/aromatic N) is 1. The van der Waals surface area contributed by atoms with Gasteiger partial charge in [-0.05, 0) is 37.8 Å². The van der Waals surface area contributed by atoms with E-state index in [1.165, 1.54) is 12.8 Å². The highest BCUT2D eigenvalue weighted by molar-refractivity contribution is 5.74. The average molecular weight is 331 g/mol. The highest BCUT2D eigenvalue weighted by atomic mass is 16.6. The fraction of sp³-hybridized carbons (Fsp3) is 0.556. The quantitative estimate of drug-likeness (QED) is 0.895. The van der Waals surface area contributed by atoms with Crippen LogP contribution in [-0.2, 0) is 0 Å². The number of urea groups is 1. The van der Waals surface area contributed by atoms with E-state index < -0.39 is 0 Å². The van der Waals surface area contributed by atoms with Crippen LogP contribution >= 0.6 is 0 Å². The van der Waals surface area contributed by atoms with Crippen molar-refractivity contribution in [3.63, 3.8) is 0 Å². The van der Waals surface area contributed by atoms with Crippen molar-refractivity contribution in [1.82, 2.24) is 15.5 Å². The minimum atomic E-state index is -0.324. The monoisotopic (exact) mass is 331 g/mol. The number of piperidine rings is 1. The first-order chi connectivity index (χ1) is 11.7. The summed E-state index contributed by atoms with van der Waals surface area (Å²) in [5.41, 5.74) is 0. The molecule has 0 spiro atoms. The molecule has 0 aromatic heterocycles. The van der Waals surface area contributed by atoms with Gasteiger partial charge in [0, 0.05) is 25.2 Å². The van der Waals surface area contributed by atoms with Gasteiger partial charge in [-0.25, -0.2) is 9.59 Å². The van der Waals surface area contributed by atoms with Gasteiger partial charge in [-0.2, -0.15) is 0 Å². The number of ether oxygens (including phenoxy) is 1. The molecule has 1 saturated heterocycles. The summed E-state index contributed by atoms with van der Waals surface area (Å²) in [6, 6.07) is 9.44. The molecular formula is C18H25N3O3. The fourth-order valence-electron chi connectivity index (χ4n) is 3.34. The molecule has 2 N–H and O–H groups in total. The molecule has 1 aliphatic heterocycles. The molecular weight excluding hydrogens is 306 g/mol. The second kappa shape index (κ2) is 8.04. The number of amides is 3. The van der Waals surface area contributed by atoms with E-state index in [4.69, 9.17) is 4.74 Å². The number of carbonyl (C=O) groups is 2. The summed E-state index contributed by atoms with van der Waals surface area (Å²) in [6.45, 7) is 1.19. The molecule has 1 aliphatic carbocycles. The number of likely N-dealkylation sites (tertiary alicyclic amines) is 1. The number of hydrogen-bond donors (Lipinski definition) is 2. The third kappa shape index (κ3) is 4.63. The number of para-hydroxylation sites is 1. The smallest absolute Gasteiger partial charge is 0.410 e. The first-order valence-electron chi connectivity index (χ1n) is 8.79. The molecule has 3 amide bonds. The number of benzene rings is 1. The van der Waals surface area contributed by atoms with Gasteiger partial charge in [-0.1, -0.05) is 31.0 Å². The predicted molar refractivity (Wildman–Crippen MR) is 91.0 cm³/mol. The summed E-state index contributed by atoms with van der Waals surface area (Å²) in [5.74, 6) is 0.554. The molecule has 2 aliphatic rings. The van der Waals surface area contributed by atoms with E-state index in [1.807, 2.05) is 18.2 Å². The molecule has 24 heavy (non-hydrogen) atoms. The van der Waals surface area contributed by atoms with Crippen molar-refractivity contribution < 1.29 is 14.3 Å². The van der Waals surface area contributed by atoms with Crippen molar-refractivity contribution in [2.45, 2.75) is 50.6 Å². The summed E-state index contributed by atoms with van der Waals surface area (Å²) in [5, 5.41) is 6.06. The topological polar surface area (TPSA) is 70.7 Å². The van der Waals surface area contributed by atoms with Gasteiger partial charge in [-0.15, -0.1) is 0 Å². The molecule has 1 aromatic rings. The van der Waals surface area contributed by atoms with E-state index in [0.717, 1.165) is 25.7 Å². The number of rotatable bonds is 3. The Morgan fingerprint density at radius 1 is 0.917 bits per heavy atom. The van der Waals surface area contributed by atoms with Gasteiger partial charge in [0.1, 0.15) is 5.75 Å². The lowest BCUT2D eigenvalue weighted by atomic mass is 10.1. The second-order valence-corrected chi connectivity index (χ2v) is 6.54. The van der Waals surface area contributed by atoms with E-state index in [1.54, 1.807) is 17.0 Å². The minimum absolute atomic E-state index is 0.0767. The van der Waals surface area contributed by atoms with Gasteiger partial charge >= 0.3 is 12.1 Å². The van der Waals surface area contributed by atoms with Crippen molar-refractivity contribution >= 4 is 12.1 Å². The van der Waals surface area contributed by atoms with Gasteiger partial charge in [0.15, 0.2) is 0 Å². The lowest BCUT2D eigenvalue weighted by Gasteiger charge is -2.31. The highest BCUT2D eigenvalue weighted by Crippen LogP contribution is 2.18. The molecule has 1 aromatic carbocycles. The second-order valence-electron chi connectivity index (χ2n) is 6.54. The molecule has 6 nitrogen and oxygen atoms in total. The zero-order chi connectivity index (χ0) is 16.8. The van der Waals surface area contributed by atoms with Crippen LogP contribution in [0.1, 0.15) is 38.5 Å². The van der Waals surface area contributed by atoms with Crippen LogP contribution in [0.5, 0.6) is 5.75 Å². The molecule has 0 radical (unpaired) electrons. The Morgan fingerprint density at radius 3 is 2.12 bits per heavy atom. The van der Waals surface area contributed by atoms with Crippen LogP contribution in [0.2, 0.25) is 0 Å². The van der Waals surface area contributed by atoms with Crippen LogP contribution in [0.3, 0.4) is 0 Å². The van der Waals surface area contributed by atoms with E-state index in [9.17, 15) is 9.59 Å². The van der Waals surface area contributed by atoms with Crippen LogP contribution in [0.15, 0.2) is 30.3 Å². The van der Waals surface area contributed by atoms with Crippen LogP contribution in [0.4, 0.5) is 9.59 Å². The molecule has 3 rings (SSSR count). The van der Waals surface area contributed by atoms with Crippen LogP contribution in [0.25, 0.3) is 0 Å². The highest BCUT2D eigenvalue weighted by Gasteiger charge is 2.26. The summed E-state index contributed by atoms with van der Waals surface area (Å²) in [6.07, 6.45) is 5.74. The standard InChI is InChI=1S/C18H25N3O3/c22-17(19-14-6-4-5-7-14)20-15-10-12-21(13-11-15)18(23)24-16-8-2-1-3-9-16/h1-3,8-9,14-15H,4-7,10-13H2,(H2,19,20,22). The fourth-order valence-corrected chi connectivity index (χ4v) is 3.34. The molecule has 6 heteroatoms. The molecule has 0 bridgehead atoms. The molecule has 0 atom stereocenters. The molecule has 1 saturated carbocycles. The molecule has 0 unspecified atom stereocenters. The lowest BCUT2D eigenvalue weighted by Crippen LogP contribution is -2.50. The zero-order valence-corrected chi connectivity index (χ0v) is 13.9. The van der Waals surface area contributed by atoms with Gasteiger partial charge in [-0.3, -0.25) is 0 Å². The Hall–Kier alpha value is -2.24. The van der Waals surface area contributed by atoms with Crippen LogP contribution in [0, 0.1) is 0 Å². The van der Waals surface area contributed by atoms with Crippen molar-refractivity contribution in [3.05, 3.63) is 30.3 Å². The Kier molecular flexibility index (Phi) is 5.56. The van der Waals surface area contributed by atoms with E-state index in [0.29, 0.717) is 24.9 Å². The normalized spacial score (nSPS) is 19.1. The third-order valence-electron chi connectivity index (χ3n) is 4.73. The minimum Gasteiger partial charge on any atom is -0.410 e. The van der Waals surface area contributed by atoms with Gasteiger partial charge in [0.25, 0.3) is 0 Å². The largest absolute Gasteiger partial charge is 0.415 e. The molecule has 1 heterocycles. The van der Waals surface area contributed by atoms with Crippen molar-refractivity contribution in [2.75, 3.05) is 13.1 Å². The average Bonchev–Trinajstić information content (AvgIpc) is 3.09. The van der Waals surface area contributed by atoms with E-state index >= 15 is 0 Å². The zero-order valence-electron chi connectivity index (χ0n) is 13.9. The SMILES string of the molecule is O=C(NC1CCCC1)NC1CCN(C(=O)Oc2ccccc2)CC1. The van der Waals surface area contributed by atoms with Crippen LogP contribution in [-0.4, -0.2) is 42.2 Å². The summed E-state index contributed by atoms with van der Waals surface area (Å²) in [7, 11) is 0. The number of carbonyl (C=O) groups excluding carboxylic acids is 2. The maximum Gasteiger partial charge on any atom is 0.415 e. The number of nitrogens with one attached hydrogen (secondary N) is 2. The maximum atomic E-state index is 12.1. The third-order valence-corrected chi connectivity index (χ3v) is 4.73. The Labute approximate surface area is 142 Å². The first kappa shape index (κ1) is 16.6. The molecule has 2 fully saturated rings. The Bertz CT molecular complexity index is 550. The summed E-state index contributed by atoms with van der Waals surface area (Å²) >= 11 is 0. The van der Waals surface area contributed by atoms with Crippen molar-refractivity contribution in [2.24, 2.45) is 0 Å². The number of hydrogen-bond acceptors (Lipinski definition) is 3. The summed E-state index contributed by atoms with van der Waals surface area (Å²) in [4.78, 5) is 25.8. The van der Waals surface area contributed by atoms with Gasteiger partial charge in [0.05, 0.1) is 0 Å². The van der Waals surface area contributed by atoms with Gasteiger partial charge < -0.3 is 20.3 Å². The van der Waals surface area contributed by atoms with E-state index in [-0.39, 0.29) is 18.2 Å². The van der Waals surface area contributed by atoms with Crippen LogP contribution < -0.4 is 15.4 Å². The maximum absolute atomic E-state index is 12.1. The van der Waals surface area contributed by atoms with Gasteiger partial charge in [0.2, 0.25) is 0 Å². The predicted octanol–water partition coefficient (Wildman–Crippen LogP) is 2.89. The lowest BCUT2D eigenvalue weighted by molar-refractivity contribution is 0.136. The Morgan fingerprint density at radius 2 is 1.50 bits per heavy atom. The van der Waals surface area contributed by atoms with Crippen molar-refractivity contribution in [3.8, 4) is 5.75 Å². The molecule has 130 valence electrons.